The summed E-state index contributed by atoms with van der Waals surface area (Å²) in [6, 6.07) is 6.11. The summed E-state index contributed by atoms with van der Waals surface area (Å²) < 4.78 is 5.71. The van der Waals surface area contributed by atoms with Crippen LogP contribution in [-0.2, 0) is 11.2 Å². The van der Waals surface area contributed by atoms with Gasteiger partial charge >= 0.3 is 0 Å². The van der Waals surface area contributed by atoms with Gasteiger partial charge in [-0.05, 0) is 68.9 Å². The second kappa shape index (κ2) is 13.5. The lowest BCUT2D eigenvalue weighted by Crippen LogP contribution is -2.38. The van der Waals surface area contributed by atoms with Gasteiger partial charge < -0.3 is 25.2 Å². The Kier molecular flexibility index (Phi) is 9.85. The highest BCUT2D eigenvalue weighted by molar-refractivity contribution is 6.05. The number of benzene rings is 1. The van der Waals surface area contributed by atoms with Gasteiger partial charge in [-0.15, -0.1) is 0 Å². The fourth-order valence-electron chi connectivity index (χ4n) is 5.42. The van der Waals surface area contributed by atoms with E-state index in [-0.39, 0.29) is 5.91 Å². The Bertz CT molecular complexity index is 1290. The number of carbonyl (C=O) groups is 1. The van der Waals surface area contributed by atoms with Crippen LogP contribution in [0.25, 0.3) is 0 Å². The first-order valence-electron chi connectivity index (χ1n) is 14.5. The molecule has 0 bridgehead atoms. The van der Waals surface area contributed by atoms with Gasteiger partial charge in [0.25, 0.3) is 0 Å². The zero-order valence-corrected chi connectivity index (χ0v) is 24.8. The maximum atomic E-state index is 12.9. The fraction of sp³-hybridized carbons (Fsp3) is 0.469. The molecule has 1 aromatic carbocycles. The van der Waals surface area contributed by atoms with Crippen molar-refractivity contribution in [1.82, 2.24) is 9.88 Å². The average molecular weight is 545 g/mol. The lowest BCUT2D eigenvalue weighted by molar-refractivity contribution is -0.130. The van der Waals surface area contributed by atoms with Gasteiger partial charge in [-0.2, -0.15) is 0 Å². The van der Waals surface area contributed by atoms with E-state index < -0.39 is 0 Å². The van der Waals surface area contributed by atoms with E-state index in [2.05, 4.69) is 73.9 Å². The number of piperidine rings is 1. The van der Waals surface area contributed by atoms with Crippen LogP contribution >= 0.6 is 0 Å². The Morgan fingerprint density at radius 2 is 2.05 bits per heavy atom. The van der Waals surface area contributed by atoms with Crippen LogP contribution in [0.15, 0.2) is 53.4 Å². The van der Waals surface area contributed by atoms with E-state index in [0.29, 0.717) is 31.3 Å². The number of anilines is 3. The molecule has 1 aromatic heterocycles. The molecule has 0 aliphatic carbocycles. The van der Waals surface area contributed by atoms with Crippen molar-refractivity contribution in [2.75, 3.05) is 54.9 Å². The third kappa shape index (κ3) is 6.84. The minimum atomic E-state index is 0.191. The maximum Gasteiger partial charge on any atom is 0.237 e. The second-order valence-corrected chi connectivity index (χ2v) is 10.5. The third-order valence-electron chi connectivity index (χ3n) is 7.55. The van der Waals surface area contributed by atoms with E-state index >= 15 is 0 Å². The first kappa shape index (κ1) is 29.2. The average Bonchev–Trinajstić information content (AvgIpc) is 2.94. The maximum absolute atomic E-state index is 12.9. The monoisotopic (exact) mass is 544 g/mol. The Morgan fingerprint density at radius 3 is 2.75 bits per heavy atom. The van der Waals surface area contributed by atoms with Crippen molar-refractivity contribution in [1.29, 1.82) is 0 Å². The summed E-state index contributed by atoms with van der Waals surface area (Å²) in [7, 11) is 0. The molecule has 8 heteroatoms. The van der Waals surface area contributed by atoms with E-state index in [1.165, 1.54) is 5.57 Å². The molecule has 1 saturated heterocycles. The number of hydrogen-bond acceptors (Lipinski definition) is 7. The quantitative estimate of drug-likeness (QED) is 0.389. The van der Waals surface area contributed by atoms with Crippen LogP contribution in [0.5, 0.6) is 5.88 Å². The Labute approximate surface area is 239 Å². The number of rotatable bonds is 10. The van der Waals surface area contributed by atoms with E-state index in [0.717, 1.165) is 84.9 Å². The molecule has 40 heavy (non-hydrogen) atoms. The van der Waals surface area contributed by atoms with Crippen LogP contribution in [0.2, 0.25) is 0 Å². The smallest absolute Gasteiger partial charge is 0.237 e. The summed E-state index contributed by atoms with van der Waals surface area (Å²) in [6.45, 7) is 19.3. The molecule has 2 aliphatic rings. The molecule has 214 valence electrons. The van der Waals surface area contributed by atoms with Crippen molar-refractivity contribution in [2.45, 2.75) is 60.3 Å². The first-order chi connectivity index (χ1) is 19.3. The van der Waals surface area contributed by atoms with Crippen LogP contribution in [0, 0.1) is 13.8 Å². The highest BCUT2D eigenvalue weighted by atomic mass is 16.5. The highest BCUT2D eigenvalue weighted by Gasteiger charge is 2.25. The van der Waals surface area contributed by atoms with Crippen molar-refractivity contribution in [3.8, 4) is 5.88 Å². The molecular formula is C32H44N6O2. The van der Waals surface area contributed by atoms with Crippen LogP contribution < -0.4 is 20.3 Å². The van der Waals surface area contributed by atoms with Crippen LogP contribution in [0.3, 0.4) is 0 Å². The first-order valence-corrected chi connectivity index (χ1v) is 14.5. The normalized spacial score (nSPS) is 16.8. The lowest BCUT2D eigenvalue weighted by atomic mass is 10.00. The Morgan fingerprint density at radius 1 is 1.27 bits per heavy atom. The van der Waals surface area contributed by atoms with Crippen molar-refractivity contribution < 1.29 is 9.53 Å². The van der Waals surface area contributed by atoms with Crippen LogP contribution in [-0.4, -0.2) is 60.8 Å². The summed E-state index contributed by atoms with van der Waals surface area (Å²) >= 11 is 0. The van der Waals surface area contributed by atoms with E-state index in [4.69, 9.17) is 9.73 Å². The summed E-state index contributed by atoms with van der Waals surface area (Å²) in [5.74, 6) is 1.46. The van der Waals surface area contributed by atoms with Crippen molar-refractivity contribution in [3.63, 3.8) is 0 Å². The van der Waals surface area contributed by atoms with Crippen molar-refractivity contribution in [3.05, 3.63) is 65.1 Å². The molecule has 0 unspecified atom stereocenters. The summed E-state index contributed by atoms with van der Waals surface area (Å²) in [5, 5.41) is 6.80. The summed E-state index contributed by atoms with van der Waals surface area (Å²) in [5.41, 5.74) is 8.50. The minimum Gasteiger partial charge on any atom is -0.474 e. The van der Waals surface area contributed by atoms with Gasteiger partial charge in [0, 0.05) is 37.4 Å². The number of allylic oxidation sites excluding steroid dienone is 1. The van der Waals surface area contributed by atoms with E-state index in [1.807, 2.05) is 23.2 Å². The predicted octanol–water partition coefficient (Wildman–Crippen LogP) is 5.87. The van der Waals surface area contributed by atoms with Gasteiger partial charge in [-0.1, -0.05) is 32.6 Å². The fourth-order valence-corrected chi connectivity index (χ4v) is 5.42. The SMILES string of the molecule is C=C(/N=C1/CN(c2cnc3c(c2C)NCCO3)CC/C1=C/C)Nc1ccc(CC(=O)N(CCC)CCC)c(C)c1. The number of amides is 1. The minimum absolute atomic E-state index is 0.191. The Balaban J connectivity index is 1.45. The standard InChI is InChI=1S/C32H44N6O2/c1-7-14-37(15-8-2)30(39)19-26-10-11-27(18-22(26)4)35-24(6)36-28-21-38(16-12-25(28)9-3)29-20-34-32-31(23(29)5)33-13-17-40-32/h9-11,18,20,33,35H,6-8,12-17,19,21H2,1-5H3/b25-9-,36-28-. The van der Waals surface area contributed by atoms with E-state index in [9.17, 15) is 4.79 Å². The van der Waals surface area contributed by atoms with Crippen molar-refractivity contribution in [2.24, 2.45) is 4.99 Å². The largest absolute Gasteiger partial charge is 0.474 e. The zero-order valence-electron chi connectivity index (χ0n) is 24.8. The third-order valence-corrected chi connectivity index (χ3v) is 7.55. The van der Waals surface area contributed by atoms with Gasteiger partial charge in [0.2, 0.25) is 11.8 Å². The molecule has 0 radical (unpaired) electrons. The molecule has 2 aliphatic heterocycles. The van der Waals surface area contributed by atoms with Gasteiger partial charge in [0.15, 0.2) is 0 Å². The molecule has 0 saturated carbocycles. The van der Waals surface area contributed by atoms with Gasteiger partial charge in [0.1, 0.15) is 18.1 Å². The molecule has 0 spiro atoms. The topological polar surface area (TPSA) is 82.1 Å². The molecule has 1 fully saturated rings. The second-order valence-electron chi connectivity index (χ2n) is 10.5. The number of ether oxygens (including phenoxy) is 1. The highest BCUT2D eigenvalue weighted by Crippen LogP contribution is 2.35. The number of pyridine rings is 1. The van der Waals surface area contributed by atoms with E-state index in [1.54, 1.807) is 0 Å². The van der Waals surface area contributed by atoms with Gasteiger partial charge in [-0.3, -0.25) is 4.79 Å². The summed E-state index contributed by atoms with van der Waals surface area (Å²) in [4.78, 5) is 26.6. The molecule has 0 atom stereocenters. The molecule has 4 rings (SSSR count). The molecule has 8 nitrogen and oxygen atoms in total. The molecule has 2 N–H and O–H groups in total. The zero-order chi connectivity index (χ0) is 28.6. The molecule has 3 heterocycles. The number of fused-ring (bicyclic) bond motifs is 1. The number of carbonyl (C=O) groups excluding carboxylic acids is 1. The van der Waals surface area contributed by atoms with Gasteiger partial charge in [0.05, 0.1) is 30.6 Å². The number of aromatic nitrogens is 1. The van der Waals surface area contributed by atoms with Crippen molar-refractivity contribution >= 4 is 28.7 Å². The van der Waals surface area contributed by atoms with Crippen LogP contribution in [0.4, 0.5) is 17.1 Å². The predicted molar refractivity (Wildman–Crippen MR) is 166 cm³/mol. The van der Waals surface area contributed by atoms with Gasteiger partial charge in [-0.25, -0.2) is 9.98 Å². The number of aliphatic imine (C=N–C) groups is 1. The lowest BCUT2D eigenvalue weighted by Gasteiger charge is -2.33. The molecule has 2 aromatic rings. The van der Waals surface area contributed by atoms with Crippen LogP contribution in [0.1, 0.15) is 56.7 Å². The molecular weight excluding hydrogens is 500 g/mol. The number of nitrogens with zero attached hydrogens (tertiary/aromatic N) is 4. The number of aryl methyl sites for hydroxylation is 1. The summed E-state index contributed by atoms with van der Waals surface area (Å²) in [6.07, 6.45) is 7.33. The Hall–Kier alpha value is -3.81. The molecule has 1 amide bonds. The number of hydrogen-bond donors (Lipinski definition) is 2. The number of nitrogens with one attached hydrogen (secondary N) is 2.